The molecule has 0 radical (unpaired) electrons. The summed E-state index contributed by atoms with van der Waals surface area (Å²) in [5.41, 5.74) is 1.95. The number of ether oxygens (including phenoxy) is 1. The fourth-order valence-corrected chi connectivity index (χ4v) is 3.77. The van der Waals surface area contributed by atoms with Gasteiger partial charge in [0.1, 0.15) is 0 Å². The van der Waals surface area contributed by atoms with Gasteiger partial charge in [-0.3, -0.25) is 4.90 Å². The normalized spacial score (nSPS) is 18.7. The van der Waals surface area contributed by atoms with E-state index in [9.17, 15) is 4.79 Å². The van der Waals surface area contributed by atoms with Crippen molar-refractivity contribution in [3.05, 3.63) is 95.0 Å². The van der Waals surface area contributed by atoms with E-state index in [0.717, 1.165) is 16.8 Å². The molecule has 3 aromatic rings. The lowest BCUT2D eigenvalue weighted by Crippen LogP contribution is -2.57. The van der Waals surface area contributed by atoms with Gasteiger partial charge in [0.15, 0.2) is 0 Å². The number of nitrogens with zero attached hydrogens (tertiary/aromatic N) is 1. The van der Waals surface area contributed by atoms with Crippen LogP contribution in [-0.2, 0) is 10.5 Å². The van der Waals surface area contributed by atoms with Crippen molar-refractivity contribution < 1.29 is 9.53 Å². The highest BCUT2D eigenvalue weighted by molar-refractivity contribution is 6.30. The second kappa shape index (κ2) is 7.06. The van der Waals surface area contributed by atoms with Crippen LogP contribution in [0.4, 0.5) is 16.2 Å². The number of hydrogen-bond donors (Lipinski definition) is 1. The topological polar surface area (TPSA) is 41.6 Å². The molecule has 1 aliphatic heterocycles. The van der Waals surface area contributed by atoms with Crippen LogP contribution >= 0.6 is 11.6 Å². The van der Waals surface area contributed by atoms with Crippen LogP contribution in [0.1, 0.15) is 18.1 Å². The van der Waals surface area contributed by atoms with Gasteiger partial charge < -0.3 is 10.1 Å². The summed E-state index contributed by atoms with van der Waals surface area (Å²) >= 11 is 6.33. The molecule has 0 fully saturated rings. The maximum absolute atomic E-state index is 13.2. The Bertz CT molecular complexity index is 963. The Morgan fingerprint density at radius 2 is 1.67 bits per heavy atom. The van der Waals surface area contributed by atoms with Gasteiger partial charge >= 0.3 is 6.03 Å². The highest BCUT2D eigenvalue weighted by Crippen LogP contribution is 2.47. The van der Waals surface area contributed by atoms with E-state index in [1.54, 1.807) is 11.0 Å². The molecule has 5 heteroatoms. The van der Waals surface area contributed by atoms with Crippen molar-refractivity contribution in [2.24, 2.45) is 0 Å². The molecule has 1 aliphatic rings. The zero-order valence-electron chi connectivity index (χ0n) is 14.9. The minimum atomic E-state index is -1.13. The van der Waals surface area contributed by atoms with Gasteiger partial charge in [-0.15, -0.1) is 0 Å². The predicted molar refractivity (Wildman–Crippen MR) is 108 cm³/mol. The number of carbonyl (C=O) groups is 1. The average Bonchev–Trinajstić information content (AvgIpc) is 2.70. The Morgan fingerprint density at radius 1 is 1.00 bits per heavy atom. The van der Waals surface area contributed by atoms with Crippen LogP contribution in [0.2, 0.25) is 5.02 Å². The van der Waals surface area contributed by atoms with E-state index in [4.69, 9.17) is 16.3 Å². The van der Waals surface area contributed by atoms with Crippen molar-refractivity contribution in [2.45, 2.75) is 12.6 Å². The molecular formula is C22H19ClN2O2. The van der Waals surface area contributed by atoms with Crippen molar-refractivity contribution in [3.63, 3.8) is 0 Å². The zero-order valence-corrected chi connectivity index (χ0v) is 15.6. The summed E-state index contributed by atoms with van der Waals surface area (Å²) in [4.78, 5) is 14.9. The van der Waals surface area contributed by atoms with Gasteiger partial charge in [0.05, 0.1) is 5.69 Å². The van der Waals surface area contributed by atoms with Gasteiger partial charge in [-0.05, 0) is 37.3 Å². The number of para-hydroxylation sites is 1. The molecular weight excluding hydrogens is 360 g/mol. The van der Waals surface area contributed by atoms with E-state index in [0.29, 0.717) is 17.3 Å². The van der Waals surface area contributed by atoms with E-state index in [1.165, 1.54) is 0 Å². The fourth-order valence-electron chi connectivity index (χ4n) is 3.60. The van der Waals surface area contributed by atoms with Crippen molar-refractivity contribution in [2.75, 3.05) is 16.8 Å². The van der Waals surface area contributed by atoms with Crippen LogP contribution in [0.25, 0.3) is 0 Å². The number of anilines is 2. The number of urea groups is 1. The second-order valence-electron chi connectivity index (χ2n) is 6.23. The van der Waals surface area contributed by atoms with Crippen LogP contribution in [0, 0.1) is 0 Å². The lowest BCUT2D eigenvalue weighted by atomic mass is 9.88. The summed E-state index contributed by atoms with van der Waals surface area (Å²) in [6.45, 7) is 2.34. The fraction of sp³-hybridized carbons (Fsp3) is 0.136. The number of hydrogen-bond acceptors (Lipinski definition) is 2. The molecule has 4 nitrogen and oxygen atoms in total. The van der Waals surface area contributed by atoms with E-state index >= 15 is 0 Å². The van der Waals surface area contributed by atoms with Crippen LogP contribution in [0.5, 0.6) is 0 Å². The number of rotatable bonds is 4. The summed E-state index contributed by atoms with van der Waals surface area (Å²) in [6, 6.07) is 24.4. The number of nitrogens with one attached hydrogen (secondary N) is 1. The van der Waals surface area contributed by atoms with Gasteiger partial charge in [-0.1, -0.05) is 60.1 Å². The average molecular weight is 379 g/mol. The molecule has 0 saturated carbocycles. The summed E-state index contributed by atoms with van der Waals surface area (Å²) < 4.78 is 6.38. The van der Waals surface area contributed by atoms with Gasteiger partial charge in [-0.2, -0.15) is 0 Å². The molecule has 27 heavy (non-hydrogen) atoms. The molecule has 0 aromatic heterocycles. The molecule has 1 heterocycles. The Hall–Kier alpha value is -2.82. The van der Waals surface area contributed by atoms with Gasteiger partial charge in [0.25, 0.3) is 0 Å². The first-order chi connectivity index (χ1) is 13.2. The standard InChI is InChI=1S/C22H19ClN2O2/c1-2-27-22(16-9-5-3-6-10-16)19-15-17(23)13-14-20(19)24-21(26)25(22)18-11-7-4-8-12-18/h3-15H,2H2,1H3,(H,24,26). The number of benzene rings is 3. The Kier molecular flexibility index (Phi) is 4.60. The van der Waals surface area contributed by atoms with Crippen molar-refractivity contribution >= 4 is 29.0 Å². The minimum Gasteiger partial charge on any atom is -0.347 e. The molecule has 1 atom stereocenters. The number of carbonyl (C=O) groups excluding carboxylic acids is 1. The van der Waals surface area contributed by atoms with Crippen LogP contribution in [0.15, 0.2) is 78.9 Å². The van der Waals surface area contributed by atoms with Crippen molar-refractivity contribution in [1.82, 2.24) is 0 Å². The van der Waals surface area contributed by atoms with Gasteiger partial charge in [0.2, 0.25) is 5.72 Å². The zero-order chi connectivity index (χ0) is 18.9. The Balaban J connectivity index is 2.07. The van der Waals surface area contributed by atoms with E-state index in [1.807, 2.05) is 79.7 Å². The SMILES string of the molecule is CCOC1(c2ccccc2)c2cc(Cl)ccc2NC(=O)N1c1ccccc1. The molecule has 136 valence electrons. The van der Waals surface area contributed by atoms with Crippen molar-refractivity contribution in [1.29, 1.82) is 0 Å². The molecule has 4 rings (SSSR count). The van der Waals surface area contributed by atoms with E-state index in [2.05, 4.69) is 5.32 Å². The Morgan fingerprint density at radius 3 is 2.33 bits per heavy atom. The smallest absolute Gasteiger partial charge is 0.329 e. The first-order valence-corrected chi connectivity index (χ1v) is 9.20. The molecule has 0 bridgehead atoms. The molecule has 0 spiro atoms. The predicted octanol–water partition coefficient (Wildman–Crippen LogP) is 5.63. The monoisotopic (exact) mass is 378 g/mol. The number of amides is 2. The van der Waals surface area contributed by atoms with E-state index < -0.39 is 5.72 Å². The molecule has 0 saturated heterocycles. The van der Waals surface area contributed by atoms with Crippen LogP contribution in [0.3, 0.4) is 0 Å². The third-order valence-electron chi connectivity index (χ3n) is 4.64. The van der Waals surface area contributed by atoms with Crippen molar-refractivity contribution in [3.8, 4) is 0 Å². The minimum absolute atomic E-state index is 0.256. The highest BCUT2D eigenvalue weighted by atomic mass is 35.5. The van der Waals surface area contributed by atoms with Crippen LogP contribution in [-0.4, -0.2) is 12.6 Å². The highest BCUT2D eigenvalue weighted by Gasteiger charge is 2.49. The lowest BCUT2D eigenvalue weighted by molar-refractivity contribution is -0.00760. The Labute approximate surface area is 163 Å². The largest absolute Gasteiger partial charge is 0.347 e. The lowest BCUT2D eigenvalue weighted by Gasteiger charge is -2.47. The summed E-state index contributed by atoms with van der Waals surface area (Å²) in [7, 11) is 0. The molecule has 2 amide bonds. The van der Waals surface area contributed by atoms with E-state index in [-0.39, 0.29) is 6.03 Å². The second-order valence-corrected chi connectivity index (χ2v) is 6.67. The quantitative estimate of drug-likeness (QED) is 0.639. The molecule has 1 N–H and O–H groups in total. The van der Waals surface area contributed by atoms with Gasteiger partial charge in [-0.25, -0.2) is 4.79 Å². The third-order valence-corrected chi connectivity index (χ3v) is 4.87. The third kappa shape index (κ3) is 2.87. The molecule has 0 aliphatic carbocycles. The molecule has 3 aromatic carbocycles. The van der Waals surface area contributed by atoms with Gasteiger partial charge in [0, 0.05) is 28.4 Å². The first-order valence-electron chi connectivity index (χ1n) is 8.82. The maximum Gasteiger partial charge on any atom is 0.329 e. The van der Waals surface area contributed by atoms with Crippen LogP contribution < -0.4 is 10.2 Å². The summed E-state index contributed by atoms with van der Waals surface area (Å²) in [5.74, 6) is 0. The number of halogens is 1. The first kappa shape index (κ1) is 17.6. The number of fused-ring (bicyclic) bond motifs is 1. The molecule has 1 unspecified atom stereocenters. The summed E-state index contributed by atoms with van der Waals surface area (Å²) in [6.07, 6.45) is 0. The maximum atomic E-state index is 13.2. The summed E-state index contributed by atoms with van der Waals surface area (Å²) in [5, 5.41) is 3.55.